The van der Waals surface area contributed by atoms with Crippen LogP contribution in [0.3, 0.4) is 0 Å². The number of hydrogen-bond donors (Lipinski definition) is 2. The minimum absolute atomic E-state index is 0.0321. The predicted octanol–water partition coefficient (Wildman–Crippen LogP) is 5.05. The van der Waals surface area contributed by atoms with E-state index >= 15 is 0 Å². The number of hydrogen-bond acceptors (Lipinski definition) is 5. The third-order valence-electron chi connectivity index (χ3n) is 4.97. The minimum Gasteiger partial charge on any atom is -0.491 e. The molecule has 0 aromatic heterocycles. The van der Waals surface area contributed by atoms with Gasteiger partial charge in [-0.1, -0.05) is 23.7 Å². The molecule has 0 atom stereocenters. The highest BCUT2D eigenvalue weighted by atomic mass is 35.5. The van der Waals surface area contributed by atoms with E-state index in [0.717, 1.165) is 4.90 Å². The number of rotatable bonds is 5. The third-order valence-corrected chi connectivity index (χ3v) is 5.49. The molecule has 1 heterocycles. The Morgan fingerprint density at radius 1 is 0.971 bits per heavy atom. The van der Waals surface area contributed by atoms with E-state index < -0.39 is 17.7 Å². The molecule has 2 N–H and O–H groups in total. The van der Waals surface area contributed by atoms with Crippen LogP contribution in [0.1, 0.15) is 44.9 Å². The van der Waals surface area contributed by atoms with Gasteiger partial charge in [0.15, 0.2) is 5.11 Å². The molecule has 0 bridgehead atoms. The highest BCUT2D eigenvalue weighted by molar-refractivity contribution is 7.80. The van der Waals surface area contributed by atoms with Gasteiger partial charge in [0.1, 0.15) is 5.75 Å². The molecule has 7 nitrogen and oxygen atoms in total. The van der Waals surface area contributed by atoms with Crippen LogP contribution in [0.4, 0.5) is 11.4 Å². The van der Waals surface area contributed by atoms with Gasteiger partial charge in [0.25, 0.3) is 17.7 Å². The molecule has 0 spiro atoms. The molecule has 1 aliphatic rings. The Labute approximate surface area is 206 Å². The Morgan fingerprint density at radius 2 is 1.59 bits per heavy atom. The van der Waals surface area contributed by atoms with Crippen molar-refractivity contribution in [3.8, 4) is 5.75 Å². The van der Waals surface area contributed by atoms with Gasteiger partial charge >= 0.3 is 0 Å². The molecule has 4 rings (SSSR count). The maximum absolute atomic E-state index is 12.7. The molecule has 34 heavy (non-hydrogen) atoms. The monoisotopic (exact) mass is 493 g/mol. The molecule has 0 saturated heterocycles. The van der Waals surface area contributed by atoms with Crippen LogP contribution in [0.5, 0.6) is 5.75 Å². The Bertz CT molecular complexity index is 1270. The zero-order chi connectivity index (χ0) is 24.4. The van der Waals surface area contributed by atoms with Gasteiger partial charge in [-0.25, -0.2) is 4.90 Å². The number of benzene rings is 3. The normalized spacial score (nSPS) is 12.5. The summed E-state index contributed by atoms with van der Waals surface area (Å²) in [6.45, 7) is 3.84. The second-order valence-electron chi connectivity index (χ2n) is 7.75. The summed E-state index contributed by atoms with van der Waals surface area (Å²) in [5, 5.41) is 5.72. The predicted molar refractivity (Wildman–Crippen MR) is 135 cm³/mol. The summed E-state index contributed by atoms with van der Waals surface area (Å²) in [6.07, 6.45) is 0.0321. The topological polar surface area (TPSA) is 87.7 Å². The SMILES string of the molecule is CC(C)Oc1ccc(C(=O)NC(=S)Nc2ccc(N3C(=O)c4ccccc4C3=O)cc2Cl)cc1. The van der Waals surface area contributed by atoms with Crippen LogP contribution in [-0.2, 0) is 0 Å². The molecule has 0 unspecified atom stereocenters. The van der Waals surface area contributed by atoms with E-state index in [9.17, 15) is 14.4 Å². The van der Waals surface area contributed by atoms with Crippen molar-refractivity contribution in [1.29, 1.82) is 0 Å². The lowest BCUT2D eigenvalue weighted by Gasteiger charge is -2.16. The number of halogens is 1. The van der Waals surface area contributed by atoms with E-state index in [4.69, 9.17) is 28.6 Å². The molecule has 1 aliphatic heterocycles. The van der Waals surface area contributed by atoms with Gasteiger partial charge in [-0.3, -0.25) is 19.7 Å². The van der Waals surface area contributed by atoms with Crippen molar-refractivity contribution in [3.63, 3.8) is 0 Å². The highest BCUT2D eigenvalue weighted by Gasteiger charge is 2.36. The largest absolute Gasteiger partial charge is 0.491 e. The summed E-state index contributed by atoms with van der Waals surface area (Å²) in [6, 6.07) is 18.0. The number of imide groups is 1. The fourth-order valence-corrected chi connectivity index (χ4v) is 3.88. The van der Waals surface area contributed by atoms with Crippen molar-refractivity contribution in [2.45, 2.75) is 20.0 Å². The van der Waals surface area contributed by atoms with Crippen LogP contribution < -0.4 is 20.3 Å². The molecule has 0 aliphatic carbocycles. The molecular weight excluding hydrogens is 474 g/mol. The molecule has 9 heteroatoms. The number of fused-ring (bicyclic) bond motifs is 1. The first-order valence-electron chi connectivity index (χ1n) is 10.4. The summed E-state index contributed by atoms with van der Waals surface area (Å²) in [4.78, 5) is 38.9. The lowest BCUT2D eigenvalue weighted by molar-refractivity contribution is 0.0923. The maximum atomic E-state index is 12.7. The van der Waals surface area contributed by atoms with Crippen molar-refractivity contribution in [1.82, 2.24) is 5.32 Å². The summed E-state index contributed by atoms with van der Waals surface area (Å²) in [5.41, 5.74) is 1.85. The molecule has 3 aromatic rings. The zero-order valence-corrected chi connectivity index (χ0v) is 19.9. The number of ether oxygens (including phenoxy) is 1. The van der Waals surface area contributed by atoms with Crippen LogP contribution in [0.15, 0.2) is 66.7 Å². The van der Waals surface area contributed by atoms with E-state index in [0.29, 0.717) is 33.8 Å². The molecule has 0 saturated carbocycles. The minimum atomic E-state index is -0.412. The van der Waals surface area contributed by atoms with Gasteiger partial charge in [-0.15, -0.1) is 0 Å². The molecule has 3 aromatic carbocycles. The summed E-state index contributed by atoms with van der Waals surface area (Å²) >= 11 is 11.6. The smallest absolute Gasteiger partial charge is 0.266 e. The zero-order valence-electron chi connectivity index (χ0n) is 18.3. The average molecular weight is 494 g/mol. The second kappa shape index (κ2) is 9.62. The van der Waals surface area contributed by atoms with Crippen LogP contribution in [0.2, 0.25) is 5.02 Å². The molecule has 0 radical (unpaired) electrons. The lowest BCUT2D eigenvalue weighted by atomic mass is 10.1. The Balaban J connectivity index is 1.42. The Hall–Kier alpha value is -3.75. The van der Waals surface area contributed by atoms with Crippen molar-refractivity contribution < 1.29 is 19.1 Å². The van der Waals surface area contributed by atoms with Crippen LogP contribution in [-0.4, -0.2) is 28.9 Å². The molecular formula is C25H20ClN3O4S. The summed E-state index contributed by atoms with van der Waals surface area (Å²) in [7, 11) is 0. The van der Waals surface area contributed by atoms with Gasteiger partial charge in [0.2, 0.25) is 0 Å². The highest BCUT2D eigenvalue weighted by Crippen LogP contribution is 2.32. The number of carbonyl (C=O) groups is 3. The van der Waals surface area contributed by atoms with E-state index in [-0.39, 0.29) is 16.2 Å². The first-order chi connectivity index (χ1) is 16.2. The van der Waals surface area contributed by atoms with Gasteiger partial charge in [-0.2, -0.15) is 0 Å². The number of carbonyl (C=O) groups excluding carboxylic acids is 3. The molecule has 0 fully saturated rings. The standard InChI is InChI=1S/C25H20ClN3O4S/c1-14(2)33-17-10-7-15(8-11-17)22(30)28-25(34)27-21-12-9-16(13-20(21)26)29-23(31)18-5-3-4-6-19(18)24(29)32/h3-14H,1-2H3,(H2,27,28,30,34). The molecule has 172 valence electrons. The first-order valence-corrected chi connectivity index (χ1v) is 11.2. The average Bonchev–Trinajstić information content (AvgIpc) is 3.05. The summed E-state index contributed by atoms with van der Waals surface area (Å²) in [5.74, 6) is -0.556. The number of nitrogens with one attached hydrogen (secondary N) is 2. The Kier molecular flexibility index (Phi) is 6.63. The van der Waals surface area contributed by atoms with Crippen molar-refractivity contribution in [2.75, 3.05) is 10.2 Å². The first kappa shape index (κ1) is 23.4. The van der Waals surface area contributed by atoms with Crippen molar-refractivity contribution in [3.05, 3.63) is 88.4 Å². The van der Waals surface area contributed by atoms with E-state index in [1.54, 1.807) is 60.7 Å². The fraction of sp³-hybridized carbons (Fsp3) is 0.120. The maximum Gasteiger partial charge on any atom is 0.266 e. The van der Waals surface area contributed by atoms with Crippen LogP contribution in [0.25, 0.3) is 0 Å². The molecule has 3 amide bonds. The Morgan fingerprint density at radius 3 is 2.15 bits per heavy atom. The van der Waals surface area contributed by atoms with Gasteiger partial charge in [-0.05, 0) is 80.7 Å². The van der Waals surface area contributed by atoms with Crippen molar-refractivity contribution in [2.24, 2.45) is 0 Å². The van der Waals surface area contributed by atoms with E-state index in [1.807, 2.05) is 13.8 Å². The van der Waals surface area contributed by atoms with Gasteiger partial charge in [0, 0.05) is 5.56 Å². The number of nitrogens with zero attached hydrogens (tertiary/aromatic N) is 1. The van der Waals surface area contributed by atoms with Crippen LogP contribution >= 0.6 is 23.8 Å². The second-order valence-corrected chi connectivity index (χ2v) is 8.57. The quantitative estimate of drug-likeness (QED) is 0.382. The van der Waals surface area contributed by atoms with Gasteiger partial charge < -0.3 is 10.1 Å². The van der Waals surface area contributed by atoms with E-state index in [1.165, 1.54) is 6.07 Å². The number of thiocarbonyl (C=S) groups is 1. The van der Waals surface area contributed by atoms with Gasteiger partial charge in [0.05, 0.1) is 33.6 Å². The number of anilines is 2. The number of amides is 3. The van der Waals surface area contributed by atoms with Crippen molar-refractivity contribution >= 4 is 58.0 Å². The van der Waals surface area contributed by atoms with E-state index in [2.05, 4.69) is 10.6 Å². The third kappa shape index (κ3) is 4.78. The fourth-order valence-electron chi connectivity index (χ4n) is 3.45. The van der Waals surface area contributed by atoms with Crippen LogP contribution in [0, 0.1) is 0 Å². The lowest BCUT2D eigenvalue weighted by Crippen LogP contribution is -2.34. The summed E-state index contributed by atoms with van der Waals surface area (Å²) < 4.78 is 5.57.